The predicted molar refractivity (Wildman–Crippen MR) is 100 cm³/mol. The van der Waals surface area contributed by atoms with Gasteiger partial charge in [0.05, 0.1) is 7.11 Å². The van der Waals surface area contributed by atoms with Gasteiger partial charge in [0.15, 0.2) is 0 Å². The van der Waals surface area contributed by atoms with E-state index in [2.05, 4.69) is 0 Å². The monoisotopic (exact) mass is 373 g/mol. The van der Waals surface area contributed by atoms with Crippen LogP contribution < -0.4 is 4.74 Å². The fourth-order valence-corrected chi connectivity index (χ4v) is 4.10. The number of amides is 3. The van der Waals surface area contributed by atoms with Crippen molar-refractivity contribution >= 4 is 17.7 Å². The zero-order valence-corrected chi connectivity index (χ0v) is 16.2. The van der Waals surface area contributed by atoms with Crippen LogP contribution in [0.2, 0.25) is 0 Å². The van der Waals surface area contributed by atoms with Crippen molar-refractivity contribution in [1.82, 2.24) is 14.7 Å². The summed E-state index contributed by atoms with van der Waals surface area (Å²) in [6.07, 6.45) is 0.372. The Morgan fingerprint density at radius 2 is 1.70 bits per heavy atom. The molecule has 3 rings (SSSR count). The summed E-state index contributed by atoms with van der Waals surface area (Å²) in [5.74, 6) is 0.696. The maximum atomic E-state index is 13.1. The molecule has 1 aromatic rings. The van der Waals surface area contributed by atoms with E-state index < -0.39 is 5.41 Å². The van der Waals surface area contributed by atoms with Gasteiger partial charge in [0.2, 0.25) is 11.8 Å². The summed E-state index contributed by atoms with van der Waals surface area (Å²) < 4.78 is 5.15. The van der Waals surface area contributed by atoms with E-state index in [0.717, 1.165) is 0 Å². The van der Waals surface area contributed by atoms with Crippen LogP contribution in [0.3, 0.4) is 0 Å². The first kappa shape index (κ1) is 19.2. The second-order valence-corrected chi connectivity index (χ2v) is 7.48. The first-order valence-electron chi connectivity index (χ1n) is 9.34. The highest BCUT2D eigenvalue weighted by Crippen LogP contribution is 2.35. The molecule has 3 amide bonds. The number of carbonyl (C=O) groups is 3. The highest BCUT2D eigenvalue weighted by atomic mass is 16.5. The van der Waals surface area contributed by atoms with Crippen molar-refractivity contribution in [2.75, 3.05) is 46.4 Å². The van der Waals surface area contributed by atoms with Crippen molar-refractivity contribution in [3.05, 3.63) is 29.8 Å². The van der Waals surface area contributed by atoms with Gasteiger partial charge in [-0.25, -0.2) is 0 Å². The third-order valence-corrected chi connectivity index (χ3v) is 5.55. The molecule has 1 spiro atoms. The molecule has 7 heteroatoms. The largest absolute Gasteiger partial charge is 0.497 e. The molecule has 2 fully saturated rings. The summed E-state index contributed by atoms with van der Waals surface area (Å²) in [5, 5.41) is 0. The van der Waals surface area contributed by atoms with Crippen molar-refractivity contribution in [3.63, 3.8) is 0 Å². The SMILES string of the molecule is CCN1CC2(CC1=O)CN(C(C)=O)CCN(C(=O)c1ccc(OC)cc1)C2. The van der Waals surface area contributed by atoms with Crippen LogP contribution in [0, 0.1) is 5.41 Å². The van der Waals surface area contributed by atoms with Crippen LogP contribution in [-0.4, -0.2) is 78.8 Å². The Labute approximate surface area is 159 Å². The van der Waals surface area contributed by atoms with Crippen LogP contribution in [0.1, 0.15) is 30.6 Å². The number of likely N-dealkylation sites (tertiary alicyclic amines) is 1. The Balaban J connectivity index is 1.86. The van der Waals surface area contributed by atoms with Gasteiger partial charge in [-0.05, 0) is 31.2 Å². The number of ether oxygens (including phenoxy) is 1. The van der Waals surface area contributed by atoms with Crippen LogP contribution >= 0.6 is 0 Å². The number of carbonyl (C=O) groups excluding carboxylic acids is 3. The van der Waals surface area contributed by atoms with Crippen molar-refractivity contribution in [2.24, 2.45) is 5.41 Å². The molecule has 0 aromatic heterocycles. The number of hydrogen-bond donors (Lipinski definition) is 0. The second-order valence-electron chi connectivity index (χ2n) is 7.48. The predicted octanol–water partition coefficient (Wildman–Crippen LogP) is 1.24. The van der Waals surface area contributed by atoms with Gasteiger partial charge in [-0.1, -0.05) is 0 Å². The zero-order chi connectivity index (χ0) is 19.6. The smallest absolute Gasteiger partial charge is 0.253 e. The molecule has 146 valence electrons. The molecule has 0 saturated carbocycles. The minimum atomic E-state index is -0.405. The molecule has 2 aliphatic heterocycles. The van der Waals surface area contributed by atoms with Crippen molar-refractivity contribution in [1.29, 1.82) is 0 Å². The molecular formula is C20H27N3O4. The van der Waals surface area contributed by atoms with Crippen LogP contribution in [-0.2, 0) is 9.59 Å². The summed E-state index contributed by atoms with van der Waals surface area (Å²) in [4.78, 5) is 42.9. The Morgan fingerprint density at radius 3 is 2.26 bits per heavy atom. The average molecular weight is 373 g/mol. The zero-order valence-electron chi connectivity index (χ0n) is 16.2. The first-order chi connectivity index (χ1) is 12.9. The molecule has 2 aliphatic rings. The van der Waals surface area contributed by atoms with E-state index in [-0.39, 0.29) is 17.7 Å². The molecule has 2 heterocycles. The lowest BCUT2D eigenvalue weighted by atomic mass is 9.85. The molecular weight excluding hydrogens is 346 g/mol. The molecule has 27 heavy (non-hydrogen) atoms. The minimum Gasteiger partial charge on any atom is -0.497 e. The van der Waals surface area contributed by atoms with Gasteiger partial charge >= 0.3 is 0 Å². The van der Waals surface area contributed by atoms with E-state index in [1.54, 1.807) is 48.1 Å². The Morgan fingerprint density at radius 1 is 1.07 bits per heavy atom. The lowest BCUT2D eigenvalue weighted by Gasteiger charge is -2.33. The molecule has 0 aliphatic carbocycles. The normalized spacial score (nSPS) is 22.9. The van der Waals surface area contributed by atoms with Crippen molar-refractivity contribution in [3.8, 4) is 5.75 Å². The molecule has 1 aromatic carbocycles. The summed E-state index contributed by atoms with van der Waals surface area (Å²) in [6, 6.07) is 7.03. The Hall–Kier alpha value is -2.57. The number of hydrogen-bond acceptors (Lipinski definition) is 4. The van der Waals surface area contributed by atoms with Gasteiger partial charge in [0.1, 0.15) is 5.75 Å². The first-order valence-corrected chi connectivity index (χ1v) is 9.34. The maximum absolute atomic E-state index is 13.1. The number of benzene rings is 1. The van der Waals surface area contributed by atoms with Crippen LogP contribution in [0.25, 0.3) is 0 Å². The van der Waals surface area contributed by atoms with Gasteiger partial charge in [-0.15, -0.1) is 0 Å². The molecule has 1 unspecified atom stereocenters. The van der Waals surface area contributed by atoms with Crippen LogP contribution in [0.15, 0.2) is 24.3 Å². The number of methoxy groups -OCH3 is 1. The fourth-order valence-electron chi connectivity index (χ4n) is 4.10. The highest BCUT2D eigenvalue weighted by Gasteiger charge is 2.47. The van der Waals surface area contributed by atoms with E-state index >= 15 is 0 Å². The van der Waals surface area contributed by atoms with Crippen LogP contribution in [0.4, 0.5) is 0 Å². The fraction of sp³-hybridized carbons (Fsp3) is 0.550. The van der Waals surface area contributed by atoms with Gasteiger partial charge in [-0.2, -0.15) is 0 Å². The summed E-state index contributed by atoms with van der Waals surface area (Å²) >= 11 is 0. The third-order valence-electron chi connectivity index (χ3n) is 5.55. The molecule has 1 atom stereocenters. The van der Waals surface area contributed by atoms with Gasteiger partial charge < -0.3 is 19.4 Å². The van der Waals surface area contributed by atoms with Gasteiger partial charge in [0.25, 0.3) is 5.91 Å². The molecule has 0 radical (unpaired) electrons. The average Bonchev–Trinajstić information content (AvgIpc) is 2.85. The van der Waals surface area contributed by atoms with E-state index in [1.165, 1.54) is 0 Å². The third kappa shape index (κ3) is 3.91. The standard InChI is InChI=1S/C20H27N3O4/c1-4-21-12-20(11-18(21)25)13-22(15(2)24)9-10-23(14-20)19(26)16-5-7-17(27-3)8-6-16/h5-8H,4,9-14H2,1-3H3. The van der Waals surface area contributed by atoms with E-state index in [9.17, 15) is 14.4 Å². The minimum absolute atomic E-state index is 0.0180. The van der Waals surface area contributed by atoms with Gasteiger partial charge in [0, 0.05) is 63.6 Å². The lowest BCUT2D eigenvalue weighted by Crippen LogP contribution is -2.45. The number of rotatable bonds is 3. The quantitative estimate of drug-likeness (QED) is 0.799. The maximum Gasteiger partial charge on any atom is 0.253 e. The van der Waals surface area contributed by atoms with E-state index in [0.29, 0.717) is 57.0 Å². The van der Waals surface area contributed by atoms with Crippen LogP contribution in [0.5, 0.6) is 5.75 Å². The summed E-state index contributed by atoms with van der Waals surface area (Å²) in [5.41, 5.74) is 0.177. The topological polar surface area (TPSA) is 70.2 Å². The molecule has 7 nitrogen and oxygen atoms in total. The highest BCUT2D eigenvalue weighted by molar-refractivity contribution is 5.94. The summed E-state index contributed by atoms with van der Waals surface area (Å²) in [6.45, 7) is 6.66. The number of nitrogens with zero attached hydrogens (tertiary/aromatic N) is 3. The van der Waals surface area contributed by atoms with E-state index in [1.807, 2.05) is 11.8 Å². The summed E-state index contributed by atoms with van der Waals surface area (Å²) in [7, 11) is 1.59. The van der Waals surface area contributed by atoms with Crippen molar-refractivity contribution in [2.45, 2.75) is 20.3 Å². The van der Waals surface area contributed by atoms with Crippen molar-refractivity contribution < 1.29 is 19.1 Å². The Kier molecular flexibility index (Phi) is 5.39. The molecule has 0 N–H and O–H groups in total. The van der Waals surface area contributed by atoms with Gasteiger partial charge in [-0.3, -0.25) is 14.4 Å². The second kappa shape index (κ2) is 7.58. The molecule has 2 saturated heterocycles. The molecule has 0 bridgehead atoms. The lowest BCUT2D eigenvalue weighted by molar-refractivity contribution is -0.130. The van der Waals surface area contributed by atoms with E-state index in [4.69, 9.17) is 4.74 Å². The Bertz CT molecular complexity index is 733.